The van der Waals surface area contributed by atoms with Gasteiger partial charge in [-0.05, 0) is 25.9 Å². The average Bonchev–Trinajstić information content (AvgIpc) is 2.49. The van der Waals surface area contributed by atoms with Gasteiger partial charge in [0, 0.05) is 12.5 Å². The average molecular weight is 195 g/mol. The Morgan fingerprint density at radius 3 is 2.57 bits per heavy atom. The molecule has 0 saturated carbocycles. The number of nitrogens with zero attached hydrogens (tertiary/aromatic N) is 3. The highest BCUT2D eigenvalue weighted by Crippen LogP contribution is 2.30. The van der Waals surface area contributed by atoms with Crippen LogP contribution < -0.4 is 11.1 Å². The zero-order valence-electron chi connectivity index (χ0n) is 8.75. The number of aromatic nitrogens is 3. The van der Waals surface area contributed by atoms with E-state index in [1.165, 1.54) is 0 Å². The molecular formula is C9H17N5. The Balaban J connectivity index is 2.28. The number of aryl methyl sites for hydroxylation is 1. The van der Waals surface area contributed by atoms with Gasteiger partial charge in [-0.1, -0.05) is 6.92 Å². The van der Waals surface area contributed by atoms with Gasteiger partial charge in [0.05, 0.1) is 0 Å². The van der Waals surface area contributed by atoms with Gasteiger partial charge in [0.25, 0.3) is 0 Å². The lowest BCUT2D eigenvalue weighted by atomic mass is 9.80. The molecule has 3 N–H and O–H groups in total. The largest absolute Gasteiger partial charge is 0.368 e. The summed E-state index contributed by atoms with van der Waals surface area (Å²) in [6.45, 7) is 4.28. The lowest BCUT2D eigenvalue weighted by molar-refractivity contribution is 0.318. The fourth-order valence-corrected chi connectivity index (χ4v) is 1.85. The van der Waals surface area contributed by atoms with E-state index in [9.17, 15) is 0 Å². The fraction of sp³-hybridized carbons (Fsp3) is 0.778. The van der Waals surface area contributed by atoms with E-state index in [0.29, 0.717) is 5.95 Å². The molecule has 2 heterocycles. The Morgan fingerprint density at radius 2 is 2.07 bits per heavy atom. The summed E-state index contributed by atoms with van der Waals surface area (Å²) in [6, 6.07) is 0. The molecular weight excluding hydrogens is 178 g/mol. The summed E-state index contributed by atoms with van der Waals surface area (Å²) >= 11 is 0. The Morgan fingerprint density at radius 1 is 1.43 bits per heavy atom. The van der Waals surface area contributed by atoms with Crippen molar-refractivity contribution in [3.05, 3.63) is 5.82 Å². The zero-order valence-corrected chi connectivity index (χ0v) is 8.75. The van der Waals surface area contributed by atoms with Gasteiger partial charge in [-0.15, -0.1) is 0 Å². The smallest absolute Gasteiger partial charge is 0.218 e. The lowest BCUT2D eigenvalue weighted by Gasteiger charge is -2.31. The van der Waals surface area contributed by atoms with E-state index >= 15 is 0 Å². The van der Waals surface area contributed by atoms with E-state index in [-0.39, 0.29) is 5.41 Å². The minimum Gasteiger partial charge on any atom is -0.368 e. The van der Waals surface area contributed by atoms with E-state index in [1.54, 1.807) is 4.68 Å². The number of nitrogens with one attached hydrogen (secondary N) is 1. The highest BCUT2D eigenvalue weighted by molar-refractivity contribution is 5.20. The summed E-state index contributed by atoms with van der Waals surface area (Å²) < 4.78 is 1.64. The van der Waals surface area contributed by atoms with Crippen molar-refractivity contribution in [3.8, 4) is 0 Å². The first-order valence-corrected chi connectivity index (χ1v) is 4.99. The molecule has 1 aliphatic heterocycles. The molecule has 1 aromatic rings. The van der Waals surface area contributed by atoms with Crippen LogP contribution in [0.3, 0.4) is 0 Å². The number of nitrogens with two attached hydrogens (primary N) is 1. The minimum atomic E-state index is 0.0978. The van der Waals surface area contributed by atoms with Gasteiger partial charge in [0.2, 0.25) is 5.95 Å². The van der Waals surface area contributed by atoms with Crippen molar-refractivity contribution in [3.63, 3.8) is 0 Å². The number of rotatable bonds is 1. The highest BCUT2D eigenvalue weighted by atomic mass is 15.4. The number of nitrogen functional groups attached to an aromatic ring is 1. The maximum atomic E-state index is 5.68. The van der Waals surface area contributed by atoms with Crippen molar-refractivity contribution < 1.29 is 0 Å². The number of hydrogen-bond donors (Lipinski definition) is 2. The van der Waals surface area contributed by atoms with Crippen LogP contribution >= 0.6 is 0 Å². The van der Waals surface area contributed by atoms with Gasteiger partial charge >= 0.3 is 0 Å². The van der Waals surface area contributed by atoms with E-state index in [2.05, 4.69) is 22.3 Å². The second-order valence-corrected chi connectivity index (χ2v) is 4.23. The summed E-state index contributed by atoms with van der Waals surface area (Å²) in [7, 11) is 1.83. The van der Waals surface area contributed by atoms with Gasteiger partial charge in [-0.25, -0.2) is 4.68 Å². The highest BCUT2D eigenvalue weighted by Gasteiger charge is 2.32. The second-order valence-electron chi connectivity index (χ2n) is 4.23. The zero-order chi connectivity index (χ0) is 10.2. The van der Waals surface area contributed by atoms with E-state index < -0.39 is 0 Å². The molecule has 0 amide bonds. The van der Waals surface area contributed by atoms with Crippen molar-refractivity contribution in [1.29, 1.82) is 0 Å². The topological polar surface area (TPSA) is 68.8 Å². The maximum absolute atomic E-state index is 5.68. The summed E-state index contributed by atoms with van der Waals surface area (Å²) in [4.78, 5) is 4.31. The molecule has 0 bridgehead atoms. The molecule has 5 nitrogen and oxygen atoms in total. The monoisotopic (exact) mass is 195 g/mol. The second kappa shape index (κ2) is 3.24. The molecule has 5 heteroatoms. The molecule has 0 radical (unpaired) electrons. The standard InChI is InChI=1S/C9H17N5/c1-9(3-5-11-6-4-9)7-12-8(10)14(2)13-7/h11H,3-6H2,1-2H3,(H2,10,12,13). The van der Waals surface area contributed by atoms with Crippen LogP contribution in [0.4, 0.5) is 5.95 Å². The van der Waals surface area contributed by atoms with Gasteiger partial charge in [-0.2, -0.15) is 10.1 Å². The summed E-state index contributed by atoms with van der Waals surface area (Å²) in [5, 5.41) is 7.70. The normalized spacial score (nSPS) is 21.0. The van der Waals surface area contributed by atoms with Crippen molar-refractivity contribution >= 4 is 5.95 Å². The Hall–Kier alpha value is -1.10. The molecule has 2 rings (SSSR count). The summed E-state index contributed by atoms with van der Waals surface area (Å²) in [6.07, 6.45) is 2.16. The first-order valence-electron chi connectivity index (χ1n) is 4.99. The Kier molecular flexibility index (Phi) is 2.19. The summed E-state index contributed by atoms with van der Waals surface area (Å²) in [5.74, 6) is 1.39. The van der Waals surface area contributed by atoms with E-state index in [4.69, 9.17) is 5.73 Å². The number of anilines is 1. The first kappa shape index (κ1) is 9.45. The molecule has 1 saturated heterocycles. The molecule has 0 unspecified atom stereocenters. The van der Waals surface area contributed by atoms with Crippen LogP contribution in [-0.4, -0.2) is 27.9 Å². The third kappa shape index (κ3) is 1.48. The van der Waals surface area contributed by atoms with Crippen molar-refractivity contribution in [1.82, 2.24) is 20.1 Å². The Bertz CT molecular complexity index is 304. The Labute approximate surface area is 83.7 Å². The molecule has 78 valence electrons. The SMILES string of the molecule is Cn1nc(C2(C)CCNCC2)nc1N. The molecule has 0 aromatic carbocycles. The van der Waals surface area contributed by atoms with Crippen LogP contribution in [0.2, 0.25) is 0 Å². The van der Waals surface area contributed by atoms with Crippen LogP contribution in [0.1, 0.15) is 25.6 Å². The van der Waals surface area contributed by atoms with Crippen LogP contribution in [0.5, 0.6) is 0 Å². The molecule has 0 atom stereocenters. The predicted octanol–water partition coefficient (Wildman–Crippen LogP) is 0.0384. The summed E-state index contributed by atoms with van der Waals surface area (Å²) in [5.41, 5.74) is 5.78. The number of hydrogen-bond acceptors (Lipinski definition) is 4. The van der Waals surface area contributed by atoms with Gasteiger partial charge < -0.3 is 11.1 Å². The lowest BCUT2D eigenvalue weighted by Crippen LogP contribution is -2.38. The molecule has 0 spiro atoms. The van der Waals surface area contributed by atoms with Crippen molar-refractivity contribution in [2.45, 2.75) is 25.2 Å². The fourth-order valence-electron chi connectivity index (χ4n) is 1.85. The van der Waals surface area contributed by atoms with Crippen LogP contribution in [0, 0.1) is 0 Å². The molecule has 14 heavy (non-hydrogen) atoms. The molecule has 0 aliphatic carbocycles. The van der Waals surface area contributed by atoms with Gasteiger partial charge in [0.1, 0.15) is 0 Å². The van der Waals surface area contributed by atoms with Crippen molar-refractivity contribution in [2.75, 3.05) is 18.8 Å². The number of piperidine rings is 1. The maximum Gasteiger partial charge on any atom is 0.218 e. The van der Waals surface area contributed by atoms with Crippen molar-refractivity contribution in [2.24, 2.45) is 7.05 Å². The molecule has 1 aromatic heterocycles. The van der Waals surface area contributed by atoms with Crippen LogP contribution in [0.15, 0.2) is 0 Å². The van der Waals surface area contributed by atoms with Gasteiger partial charge in [0.15, 0.2) is 5.82 Å². The molecule has 1 aliphatic rings. The van der Waals surface area contributed by atoms with E-state index in [1.807, 2.05) is 7.05 Å². The van der Waals surface area contributed by atoms with E-state index in [0.717, 1.165) is 31.8 Å². The third-order valence-electron chi connectivity index (χ3n) is 3.04. The van der Waals surface area contributed by atoms with Crippen LogP contribution in [0.25, 0.3) is 0 Å². The van der Waals surface area contributed by atoms with Crippen LogP contribution in [-0.2, 0) is 12.5 Å². The quantitative estimate of drug-likeness (QED) is 0.664. The molecule has 1 fully saturated rings. The minimum absolute atomic E-state index is 0.0978. The third-order valence-corrected chi connectivity index (χ3v) is 3.04. The predicted molar refractivity (Wildman–Crippen MR) is 54.9 cm³/mol. The van der Waals surface area contributed by atoms with Gasteiger partial charge in [-0.3, -0.25) is 0 Å². The first-order chi connectivity index (χ1) is 6.62.